The molecule has 1 aromatic heterocycles. The van der Waals surface area contributed by atoms with E-state index >= 15 is 0 Å². The molecule has 15 heteroatoms. The van der Waals surface area contributed by atoms with Gasteiger partial charge in [0.15, 0.2) is 0 Å². The third-order valence-electron chi connectivity index (χ3n) is 7.43. The van der Waals surface area contributed by atoms with Gasteiger partial charge in [0.05, 0.1) is 10.9 Å². The number of tetrazole rings is 1. The van der Waals surface area contributed by atoms with Gasteiger partial charge >= 0.3 is 11.5 Å². The molecule has 0 spiro atoms. The minimum Gasteiger partial charge on any atom is -0.327 e. The Morgan fingerprint density at radius 1 is 0.841 bits per heavy atom. The Balaban J connectivity index is 1.35. The van der Waals surface area contributed by atoms with Crippen molar-refractivity contribution in [3.8, 4) is 0 Å². The van der Waals surface area contributed by atoms with Crippen LogP contribution in [-0.2, 0) is 9.84 Å². The van der Waals surface area contributed by atoms with Crippen molar-refractivity contribution in [1.82, 2.24) is 25.9 Å². The average molecular weight is 628 g/mol. The molecule has 0 aliphatic heterocycles. The van der Waals surface area contributed by atoms with E-state index in [9.17, 15) is 31.2 Å². The molecule has 0 saturated heterocycles. The van der Waals surface area contributed by atoms with E-state index in [-0.39, 0.29) is 11.6 Å². The fourth-order valence-corrected chi connectivity index (χ4v) is 5.88. The van der Waals surface area contributed by atoms with Gasteiger partial charge in [0.25, 0.3) is 21.7 Å². The van der Waals surface area contributed by atoms with Crippen molar-refractivity contribution in [2.75, 3.05) is 10.6 Å². The summed E-state index contributed by atoms with van der Waals surface area (Å²) in [5.74, 6) is 0.0269. The molecule has 44 heavy (non-hydrogen) atoms. The summed E-state index contributed by atoms with van der Waals surface area (Å²) in [6.07, 6.45) is 5.86. The van der Waals surface area contributed by atoms with Crippen LogP contribution >= 0.6 is 0 Å². The van der Waals surface area contributed by atoms with Gasteiger partial charge in [0, 0.05) is 11.3 Å². The number of aromatic nitrogens is 4. The van der Waals surface area contributed by atoms with E-state index in [1.807, 2.05) is 24.3 Å². The first kappa shape index (κ1) is 30.7. The molecule has 1 aliphatic rings. The topological polar surface area (TPSA) is 159 Å². The van der Waals surface area contributed by atoms with E-state index < -0.39 is 38.2 Å². The molecule has 0 radical (unpaired) electrons. The van der Waals surface area contributed by atoms with Crippen molar-refractivity contribution in [2.24, 2.45) is 0 Å². The molecule has 3 amide bonds. The zero-order valence-corrected chi connectivity index (χ0v) is 24.0. The molecule has 3 aromatic carbocycles. The molecule has 1 heterocycles. The minimum absolute atomic E-state index is 0.0115. The largest absolute Gasteiger partial charge is 0.501 e. The van der Waals surface area contributed by atoms with Gasteiger partial charge in [-0.1, -0.05) is 60.8 Å². The number of benzene rings is 3. The van der Waals surface area contributed by atoms with Gasteiger partial charge in [-0.2, -0.15) is 18.4 Å². The van der Waals surface area contributed by atoms with Gasteiger partial charge < -0.3 is 10.6 Å². The van der Waals surface area contributed by atoms with Crippen LogP contribution in [0.2, 0.25) is 0 Å². The molecule has 1 fully saturated rings. The lowest BCUT2D eigenvalue weighted by Gasteiger charge is -2.24. The van der Waals surface area contributed by atoms with E-state index in [4.69, 9.17) is 0 Å². The number of anilines is 2. The second kappa shape index (κ2) is 12.8. The third kappa shape index (κ3) is 7.05. The zero-order valence-electron chi connectivity index (χ0n) is 23.1. The number of hydrogen-bond acceptors (Lipinski definition) is 7. The Morgan fingerprint density at radius 3 is 2.02 bits per heavy atom. The predicted molar refractivity (Wildman–Crippen MR) is 155 cm³/mol. The molecule has 1 atom stereocenters. The zero-order chi connectivity index (χ0) is 31.3. The summed E-state index contributed by atoms with van der Waals surface area (Å²) in [5, 5.41) is 20.9. The first-order valence-corrected chi connectivity index (χ1v) is 15.2. The van der Waals surface area contributed by atoms with Crippen LogP contribution in [0.4, 0.5) is 29.6 Å². The highest BCUT2D eigenvalue weighted by atomic mass is 32.2. The summed E-state index contributed by atoms with van der Waals surface area (Å²) in [5.41, 5.74) is -2.42. The Morgan fingerprint density at radius 2 is 1.45 bits per heavy atom. The number of halogens is 3. The Hall–Kier alpha value is -4.79. The lowest BCUT2D eigenvalue weighted by atomic mass is 9.83. The summed E-state index contributed by atoms with van der Waals surface area (Å²) in [6.45, 7) is 0. The van der Waals surface area contributed by atoms with Crippen molar-refractivity contribution >= 4 is 33.4 Å². The van der Waals surface area contributed by atoms with Crippen LogP contribution in [0.5, 0.6) is 0 Å². The maximum Gasteiger partial charge on any atom is 0.501 e. The molecular weight excluding hydrogens is 599 g/mol. The number of aromatic amines is 1. The predicted octanol–water partition coefficient (Wildman–Crippen LogP) is 5.70. The van der Waals surface area contributed by atoms with Gasteiger partial charge in [-0.3, -0.25) is 10.1 Å². The van der Waals surface area contributed by atoms with Crippen molar-refractivity contribution in [2.45, 2.75) is 54.5 Å². The van der Waals surface area contributed by atoms with Crippen LogP contribution in [-0.4, -0.2) is 46.5 Å². The van der Waals surface area contributed by atoms with Gasteiger partial charge in [-0.15, -0.1) is 5.10 Å². The number of H-pyrrole nitrogens is 1. The third-order valence-corrected chi connectivity index (χ3v) is 8.93. The smallest absolute Gasteiger partial charge is 0.327 e. The number of rotatable bonds is 8. The van der Waals surface area contributed by atoms with Gasteiger partial charge in [-0.25, -0.2) is 13.2 Å². The molecule has 1 saturated carbocycles. The molecule has 4 N–H and O–H groups in total. The van der Waals surface area contributed by atoms with Gasteiger partial charge in [0.2, 0.25) is 0 Å². The molecule has 230 valence electrons. The molecule has 5 rings (SSSR count). The number of urea groups is 1. The number of nitrogens with one attached hydrogen (secondary N) is 4. The summed E-state index contributed by atoms with van der Waals surface area (Å²) in [6, 6.07) is 16.8. The number of alkyl halides is 3. The summed E-state index contributed by atoms with van der Waals surface area (Å²) >= 11 is 0. The summed E-state index contributed by atoms with van der Waals surface area (Å²) in [7, 11) is -5.52. The number of carbonyl (C=O) groups excluding carboxylic acids is 2. The number of nitrogens with zero attached hydrogens (tertiary/aromatic N) is 3. The van der Waals surface area contributed by atoms with Crippen molar-refractivity contribution in [3.63, 3.8) is 0 Å². The lowest BCUT2D eigenvalue weighted by molar-refractivity contribution is -0.0436. The molecular formula is C29H28F3N7O4S. The van der Waals surface area contributed by atoms with Crippen LogP contribution in [0.3, 0.4) is 0 Å². The summed E-state index contributed by atoms with van der Waals surface area (Å²) in [4.78, 5) is 24.7. The first-order chi connectivity index (χ1) is 21.0. The molecule has 11 nitrogen and oxygen atoms in total. The quantitative estimate of drug-likeness (QED) is 0.195. The van der Waals surface area contributed by atoms with Gasteiger partial charge in [-0.05, 0) is 77.1 Å². The Kier molecular flexibility index (Phi) is 8.94. The average Bonchev–Trinajstić information content (AvgIpc) is 3.53. The number of amides is 3. The molecule has 1 unspecified atom stereocenters. The molecule has 1 aliphatic carbocycles. The van der Waals surface area contributed by atoms with Crippen LogP contribution in [0.15, 0.2) is 77.7 Å². The van der Waals surface area contributed by atoms with Crippen LogP contribution < -0.4 is 16.0 Å². The highest BCUT2D eigenvalue weighted by molar-refractivity contribution is 7.92. The molecule has 0 bridgehead atoms. The molecule has 4 aromatic rings. The monoisotopic (exact) mass is 627 g/mol. The summed E-state index contributed by atoms with van der Waals surface area (Å²) < 4.78 is 62.0. The second-order valence-electron chi connectivity index (χ2n) is 10.3. The van der Waals surface area contributed by atoms with Crippen LogP contribution in [0, 0.1) is 0 Å². The number of carbonyl (C=O) groups is 2. The van der Waals surface area contributed by atoms with E-state index in [1.165, 1.54) is 24.8 Å². The van der Waals surface area contributed by atoms with E-state index in [1.54, 1.807) is 24.3 Å². The second-order valence-corrected chi connectivity index (χ2v) is 12.3. The standard InChI is InChI=1S/C29H28F3N7O4S/c30-29(31,32)44(42,43)24-16-14-23(15-17-24)33-28(41)34-25(20-8-6-19(7-9-20)18-4-2-1-3-5-18)21-10-12-22(13-11-21)26(40)35-27-36-38-39-37-27/h6-18,25H,1-5H2,(H2,33,34,41)(H2,35,36,37,38,39,40). The highest BCUT2D eigenvalue weighted by Crippen LogP contribution is 2.34. The van der Waals surface area contributed by atoms with Crippen LogP contribution in [0.25, 0.3) is 0 Å². The normalized spacial score (nSPS) is 14.9. The fourth-order valence-electron chi connectivity index (χ4n) is 5.12. The Bertz CT molecular complexity index is 1690. The highest BCUT2D eigenvalue weighted by Gasteiger charge is 2.46. The number of hydrogen-bond donors (Lipinski definition) is 4. The van der Waals surface area contributed by atoms with E-state index in [0.717, 1.165) is 42.7 Å². The maximum absolute atomic E-state index is 13.1. The Labute approximate surface area is 250 Å². The van der Waals surface area contributed by atoms with Crippen LogP contribution in [0.1, 0.15) is 71.1 Å². The van der Waals surface area contributed by atoms with Gasteiger partial charge in [0.1, 0.15) is 0 Å². The fraction of sp³-hybridized carbons (Fsp3) is 0.276. The van der Waals surface area contributed by atoms with E-state index in [0.29, 0.717) is 17.0 Å². The lowest BCUT2D eigenvalue weighted by Crippen LogP contribution is -2.33. The number of sulfone groups is 1. The van der Waals surface area contributed by atoms with E-state index in [2.05, 4.69) is 36.6 Å². The van der Waals surface area contributed by atoms with Crippen molar-refractivity contribution < 1.29 is 31.2 Å². The first-order valence-electron chi connectivity index (χ1n) is 13.7. The SMILES string of the molecule is O=C(Nc1ccc(S(=O)(=O)C(F)(F)F)cc1)NC(c1ccc(C(=O)Nc2nn[nH]n2)cc1)c1ccc(C2CCCCC2)cc1. The maximum atomic E-state index is 13.1. The minimum atomic E-state index is -5.52. The van der Waals surface area contributed by atoms with Crippen molar-refractivity contribution in [1.29, 1.82) is 0 Å². The van der Waals surface area contributed by atoms with Crippen molar-refractivity contribution in [3.05, 3.63) is 95.1 Å².